The van der Waals surface area contributed by atoms with Gasteiger partial charge in [-0.25, -0.2) is 9.59 Å². The maximum atomic E-state index is 12.0. The summed E-state index contributed by atoms with van der Waals surface area (Å²) in [5, 5.41) is 11.9. The Morgan fingerprint density at radius 2 is 2.00 bits per heavy atom. The molecule has 0 saturated carbocycles. The first kappa shape index (κ1) is 13.4. The SMILES string of the molecule is O=C(O)C1CCCCN1C(=O)NCc1ccccc1. The number of benzene rings is 1. The van der Waals surface area contributed by atoms with Crippen LogP contribution in [0.15, 0.2) is 30.3 Å². The van der Waals surface area contributed by atoms with Gasteiger partial charge in [0.2, 0.25) is 0 Å². The number of likely N-dealkylation sites (tertiary alicyclic amines) is 1. The van der Waals surface area contributed by atoms with E-state index in [0.717, 1.165) is 18.4 Å². The molecule has 1 aromatic carbocycles. The number of piperidine rings is 1. The Morgan fingerprint density at radius 1 is 1.26 bits per heavy atom. The fraction of sp³-hybridized carbons (Fsp3) is 0.429. The molecule has 1 saturated heterocycles. The molecule has 1 atom stereocenters. The highest BCUT2D eigenvalue weighted by Gasteiger charge is 2.31. The number of amides is 2. The molecule has 2 rings (SSSR count). The second-order valence-electron chi connectivity index (χ2n) is 4.69. The van der Waals surface area contributed by atoms with Crippen molar-refractivity contribution in [3.8, 4) is 0 Å². The monoisotopic (exact) mass is 262 g/mol. The Morgan fingerprint density at radius 3 is 2.68 bits per heavy atom. The van der Waals surface area contributed by atoms with Crippen molar-refractivity contribution in [3.63, 3.8) is 0 Å². The van der Waals surface area contributed by atoms with Crippen LogP contribution in [-0.2, 0) is 11.3 Å². The smallest absolute Gasteiger partial charge is 0.326 e. The minimum absolute atomic E-state index is 0.295. The number of carboxylic acids is 1. The summed E-state index contributed by atoms with van der Waals surface area (Å²) in [5.41, 5.74) is 1.000. The standard InChI is InChI=1S/C14H18N2O3/c17-13(18)12-8-4-5-9-16(12)14(19)15-10-11-6-2-1-3-7-11/h1-3,6-7,12H,4-5,8-10H2,(H,15,19)(H,17,18). The van der Waals surface area contributed by atoms with Crippen molar-refractivity contribution in [2.75, 3.05) is 6.54 Å². The molecule has 1 fully saturated rings. The quantitative estimate of drug-likeness (QED) is 0.873. The van der Waals surface area contributed by atoms with E-state index in [-0.39, 0.29) is 6.03 Å². The lowest BCUT2D eigenvalue weighted by atomic mass is 10.0. The van der Waals surface area contributed by atoms with Gasteiger partial charge in [0.05, 0.1) is 0 Å². The van der Waals surface area contributed by atoms with Gasteiger partial charge in [-0.15, -0.1) is 0 Å². The van der Waals surface area contributed by atoms with E-state index in [1.54, 1.807) is 0 Å². The molecule has 0 bridgehead atoms. The lowest BCUT2D eigenvalue weighted by Gasteiger charge is -2.32. The normalized spacial score (nSPS) is 18.9. The number of hydrogen-bond donors (Lipinski definition) is 2. The summed E-state index contributed by atoms with van der Waals surface area (Å²) in [6.45, 7) is 0.931. The number of nitrogens with one attached hydrogen (secondary N) is 1. The van der Waals surface area contributed by atoms with Crippen molar-refractivity contribution in [2.45, 2.75) is 31.8 Å². The van der Waals surface area contributed by atoms with Crippen molar-refractivity contribution in [2.24, 2.45) is 0 Å². The molecule has 19 heavy (non-hydrogen) atoms. The van der Waals surface area contributed by atoms with E-state index in [1.807, 2.05) is 30.3 Å². The van der Waals surface area contributed by atoms with Gasteiger partial charge in [-0.3, -0.25) is 0 Å². The molecule has 5 heteroatoms. The lowest BCUT2D eigenvalue weighted by molar-refractivity contribution is -0.143. The third kappa shape index (κ3) is 3.47. The number of hydrogen-bond acceptors (Lipinski definition) is 2. The number of carbonyl (C=O) groups is 2. The molecule has 5 nitrogen and oxygen atoms in total. The van der Waals surface area contributed by atoms with Gasteiger partial charge in [-0.2, -0.15) is 0 Å². The molecule has 1 aliphatic heterocycles. The highest BCUT2D eigenvalue weighted by molar-refractivity contribution is 5.82. The second kappa shape index (κ2) is 6.22. The Bertz CT molecular complexity index is 447. The lowest BCUT2D eigenvalue weighted by Crippen LogP contribution is -2.51. The molecule has 0 aromatic heterocycles. The predicted octanol–water partition coefficient (Wildman–Crippen LogP) is 1.84. The summed E-state index contributed by atoms with van der Waals surface area (Å²) in [6.07, 6.45) is 2.26. The third-order valence-electron chi connectivity index (χ3n) is 3.34. The minimum atomic E-state index is -0.922. The van der Waals surface area contributed by atoms with Gasteiger partial charge in [-0.1, -0.05) is 30.3 Å². The fourth-order valence-corrected chi connectivity index (χ4v) is 2.31. The average molecular weight is 262 g/mol. The van der Waals surface area contributed by atoms with Crippen LogP contribution in [0.3, 0.4) is 0 Å². The van der Waals surface area contributed by atoms with Gasteiger partial charge < -0.3 is 15.3 Å². The number of nitrogens with zero attached hydrogens (tertiary/aromatic N) is 1. The van der Waals surface area contributed by atoms with Crippen molar-refractivity contribution in [1.29, 1.82) is 0 Å². The van der Waals surface area contributed by atoms with Crippen LogP contribution in [0, 0.1) is 0 Å². The van der Waals surface area contributed by atoms with Crippen LogP contribution >= 0.6 is 0 Å². The Balaban J connectivity index is 1.93. The van der Waals surface area contributed by atoms with Crippen LogP contribution in [0.25, 0.3) is 0 Å². The highest BCUT2D eigenvalue weighted by atomic mass is 16.4. The minimum Gasteiger partial charge on any atom is -0.480 e. The van der Waals surface area contributed by atoms with Crippen LogP contribution in [0.2, 0.25) is 0 Å². The first-order valence-electron chi connectivity index (χ1n) is 6.49. The van der Waals surface area contributed by atoms with Gasteiger partial charge >= 0.3 is 12.0 Å². The number of urea groups is 1. The van der Waals surface area contributed by atoms with E-state index in [2.05, 4.69) is 5.32 Å². The number of carboxylic acid groups (broad SMARTS) is 1. The summed E-state index contributed by atoms with van der Waals surface area (Å²) in [7, 11) is 0. The first-order chi connectivity index (χ1) is 9.18. The largest absolute Gasteiger partial charge is 0.480 e. The van der Waals surface area contributed by atoms with Crippen LogP contribution < -0.4 is 5.32 Å². The molecule has 2 N–H and O–H groups in total. The summed E-state index contributed by atoms with van der Waals surface area (Å²) >= 11 is 0. The van der Waals surface area contributed by atoms with Crippen LogP contribution in [0.5, 0.6) is 0 Å². The van der Waals surface area contributed by atoms with Gasteiger partial charge in [0.25, 0.3) is 0 Å². The third-order valence-corrected chi connectivity index (χ3v) is 3.34. The Kier molecular flexibility index (Phi) is 4.39. The molecule has 0 aliphatic carbocycles. The molecule has 102 valence electrons. The van der Waals surface area contributed by atoms with E-state index in [4.69, 9.17) is 5.11 Å². The zero-order valence-electron chi connectivity index (χ0n) is 10.7. The van der Waals surface area contributed by atoms with Crippen molar-refractivity contribution in [1.82, 2.24) is 10.2 Å². The maximum absolute atomic E-state index is 12.0. The zero-order chi connectivity index (χ0) is 13.7. The van der Waals surface area contributed by atoms with Crippen LogP contribution in [0.1, 0.15) is 24.8 Å². The molecule has 1 aromatic rings. The Labute approximate surface area is 112 Å². The van der Waals surface area contributed by atoms with Crippen molar-refractivity contribution >= 4 is 12.0 Å². The molecule has 1 heterocycles. The van der Waals surface area contributed by atoms with E-state index in [0.29, 0.717) is 19.5 Å². The van der Waals surface area contributed by atoms with Gasteiger partial charge in [-0.05, 0) is 24.8 Å². The highest BCUT2D eigenvalue weighted by Crippen LogP contribution is 2.17. The molecular formula is C14H18N2O3. The van der Waals surface area contributed by atoms with Crippen LogP contribution in [0.4, 0.5) is 4.79 Å². The Hall–Kier alpha value is -2.04. The molecule has 0 spiro atoms. The fourth-order valence-electron chi connectivity index (χ4n) is 2.31. The maximum Gasteiger partial charge on any atom is 0.326 e. The van der Waals surface area contributed by atoms with E-state index in [1.165, 1.54) is 4.90 Å². The summed E-state index contributed by atoms with van der Waals surface area (Å²) in [5.74, 6) is -0.922. The van der Waals surface area contributed by atoms with E-state index in [9.17, 15) is 9.59 Å². The zero-order valence-corrected chi connectivity index (χ0v) is 10.7. The van der Waals surface area contributed by atoms with Gasteiger partial charge in [0.15, 0.2) is 0 Å². The van der Waals surface area contributed by atoms with Crippen molar-refractivity contribution in [3.05, 3.63) is 35.9 Å². The molecule has 1 aliphatic rings. The molecule has 2 amide bonds. The summed E-state index contributed by atoms with van der Waals surface area (Å²) in [4.78, 5) is 24.6. The van der Waals surface area contributed by atoms with E-state index >= 15 is 0 Å². The molecule has 1 unspecified atom stereocenters. The first-order valence-corrected chi connectivity index (χ1v) is 6.49. The van der Waals surface area contributed by atoms with Gasteiger partial charge in [0.1, 0.15) is 6.04 Å². The van der Waals surface area contributed by atoms with Gasteiger partial charge in [0, 0.05) is 13.1 Å². The number of aliphatic carboxylic acids is 1. The van der Waals surface area contributed by atoms with Crippen LogP contribution in [-0.4, -0.2) is 34.6 Å². The summed E-state index contributed by atoms with van der Waals surface area (Å²) in [6, 6.07) is 8.58. The molecule has 0 radical (unpaired) electrons. The van der Waals surface area contributed by atoms with E-state index < -0.39 is 12.0 Å². The topological polar surface area (TPSA) is 69.6 Å². The average Bonchev–Trinajstić information content (AvgIpc) is 2.46. The number of carbonyl (C=O) groups excluding carboxylic acids is 1. The second-order valence-corrected chi connectivity index (χ2v) is 4.69. The predicted molar refractivity (Wildman–Crippen MR) is 70.7 cm³/mol. The van der Waals surface area contributed by atoms with Crippen molar-refractivity contribution < 1.29 is 14.7 Å². The number of rotatable bonds is 3. The summed E-state index contributed by atoms with van der Waals surface area (Å²) < 4.78 is 0. The molecular weight excluding hydrogens is 244 g/mol.